The van der Waals surface area contributed by atoms with E-state index in [1.807, 2.05) is 6.92 Å². The fraction of sp³-hybridized carbons (Fsp3) is 1.00. The Kier molecular flexibility index (Phi) is 5.35. The van der Waals surface area contributed by atoms with Gasteiger partial charge in [-0.2, -0.15) is 0 Å². The van der Waals surface area contributed by atoms with Gasteiger partial charge in [0.05, 0.1) is 7.11 Å². The third-order valence-corrected chi connectivity index (χ3v) is 1.62. The summed E-state index contributed by atoms with van der Waals surface area (Å²) in [4.78, 5) is 6.07. The molecule has 5 heteroatoms. The lowest BCUT2D eigenvalue weighted by Gasteiger charge is -2.31. The van der Waals surface area contributed by atoms with Crippen LogP contribution in [0.15, 0.2) is 0 Å². The molecule has 68 valence electrons. The minimum Gasteiger partial charge on any atom is -0.599 e. The number of quaternary nitrogens is 1. The first-order valence-electron chi connectivity index (χ1n) is 3.56. The third kappa shape index (κ3) is 3.13. The van der Waals surface area contributed by atoms with Crippen LogP contribution in [-0.2, 0) is 4.84 Å². The molecule has 0 saturated carbocycles. The molecule has 11 heavy (non-hydrogen) atoms. The Labute approximate surface area is 66.7 Å². The Bertz CT molecular complexity index is 91.8. The van der Waals surface area contributed by atoms with Crippen molar-refractivity contribution in [1.82, 2.24) is 4.90 Å². The molecule has 0 aliphatic carbocycles. The van der Waals surface area contributed by atoms with E-state index >= 15 is 0 Å². The van der Waals surface area contributed by atoms with E-state index in [4.69, 9.17) is 5.11 Å². The van der Waals surface area contributed by atoms with Crippen LogP contribution in [0.1, 0.15) is 13.3 Å². The van der Waals surface area contributed by atoms with Gasteiger partial charge in [-0.05, 0) is 7.05 Å². The van der Waals surface area contributed by atoms with Crippen molar-refractivity contribution in [3.05, 3.63) is 5.21 Å². The molecule has 0 amide bonds. The summed E-state index contributed by atoms with van der Waals surface area (Å²) in [7, 11) is 3.02. The molecule has 0 fully saturated rings. The molecule has 0 aliphatic heterocycles. The van der Waals surface area contributed by atoms with E-state index in [1.165, 1.54) is 12.0 Å². The fourth-order valence-corrected chi connectivity index (χ4v) is 0.893. The molecule has 5 nitrogen and oxygen atoms in total. The van der Waals surface area contributed by atoms with Gasteiger partial charge in [0.2, 0.25) is 0 Å². The molecule has 0 bridgehead atoms. The molecule has 2 unspecified atom stereocenters. The molecular weight excluding hydrogens is 148 g/mol. The maximum Gasteiger partial charge on any atom is 0.174 e. The largest absolute Gasteiger partial charge is 0.599 e. The molecule has 0 radical (unpaired) electrons. The maximum absolute atomic E-state index is 11.0. The van der Waals surface area contributed by atoms with E-state index in [-0.39, 0.29) is 18.1 Å². The summed E-state index contributed by atoms with van der Waals surface area (Å²) >= 11 is 0. The first-order chi connectivity index (χ1) is 5.17. The molecule has 2 N–H and O–H groups in total. The van der Waals surface area contributed by atoms with Crippen LogP contribution < -0.4 is 5.23 Å². The Balaban J connectivity index is 3.92. The van der Waals surface area contributed by atoms with Crippen LogP contribution in [0.4, 0.5) is 0 Å². The highest BCUT2D eigenvalue weighted by Gasteiger charge is 2.18. The summed E-state index contributed by atoms with van der Waals surface area (Å²) in [6, 6.07) is 0. The molecular formula is C6H16N2O3. The van der Waals surface area contributed by atoms with E-state index in [2.05, 4.69) is 4.84 Å². The Hall–Kier alpha value is -0.200. The van der Waals surface area contributed by atoms with Gasteiger partial charge in [-0.25, -0.2) is 15.0 Å². The number of aliphatic hydroxyl groups is 1. The first kappa shape index (κ1) is 10.8. The van der Waals surface area contributed by atoms with Gasteiger partial charge >= 0.3 is 0 Å². The molecule has 0 aromatic rings. The van der Waals surface area contributed by atoms with Crippen LogP contribution in [0.5, 0.6) is 0 Å². The van der Waals surface area contributed by atoms with Crippen molar-refractivity contribution in [2.75, 3.05) is 20.9 Å². The number of hydroxylamine groups is 2. The van der Waals surface area contributed by atoms with Gasteiger partial charge in [0.25, 0.3) is 0 Å². The fourth-order valence-electron chi connectivity index (χ4n) is 0.893. The van der Waals surface area contributed by atoms with Crippen molar-refractivity contribution in [3.8, 4) is 0 Å². The van der Waals surface area contributed by atoms with Crippen molar-refractivity contribution >= 4 is 0 Å². The monoisotopic (exact) mass is 164 g/mol. The van der Waals surface area contributed by atoms with Crippen LogP contribution in [0, 0.1) is 5.21 Å². The number of rotatable bonds is 5. The number of nitrogens with zero attached hydrogens (tertiary/aromatic N) is 1. The molecule has 0 heterocycles. The number of hydrogen-bond donors (Lipinski definition) is 2. The van der Waals surface area contributed by atoms with Gasteiger partial charge < -0.3 is 10.3 Å². The zero-order chi connectivity index (χ0) is 8.85. The van der Waals surface area contributed by atoms with Crippen LogP contribution >= 0.6 is 0 Å². The van der Waals surface area contributed by atoms with Crippen molar-refractivity contribution in [1.29, 1.82) is 0 Å². The smallest absolute Gasteiger partial charge is 0.174 e. The average Bonchev–Trinajstić information content (AvgIpc) is 2.05. The second kappa shape index (κ2) is 5.45. The topological polar surface area (TPSA) is 60.2 Å². The van der Waals surface area contributed by atoms with E-state index < -0.39 is 0 Å². The van der Waals surface area contributed by atoms with Crippen molar-refractivity contribution in [2.45, 2.75) is 19.5 Å². The molecule has 0 aliphatic rings. The summed E-state index contributed by atoms with van der Waals surface area (Å²) in [6.07, 6.45) is 0.314. The van der Waals surface area contributed by atoms with Gasteiger partial charge in [0.1, 0.15) is 6.73 Å². The third-order valence-electron chi connectivity index (χ3n) is 1.62. The highest BCUT2D eigenvalue weighted by molar-refractivity contribution is 4.47. The van der Waals surface area contributed by atoms with Gasteiger partial charge in [0.15, 0.2) is 6.17 Å². The summed E-state index contributed by atoms with van der Waals surface area (Å²) < 4.78 is 0. The van der Waals surface area contributed by atoms with Crippen LogP contribution in [0.3, 0.4) is 0 Å². The van der Waals surface area contributed by atoms with Crippen molar-refractivity contribution < 1.29 is 15.2 Å². The van der Waals surface area contributed by atoms with Gasteiger partial charge in [0, 0.05) is 6.42 Å². The summed E-state index contributed by atoms with van der Waals surface area (Å²) in [5.41, 5.74) is 0. The normalized spacial score (nSPS) is 16.9. The molecule has 0 saturated heterocycles. The lowest BCUT2D eigenvalue weighted by atomic mass is 10.3. The van der Waals surface area contributed by atoms with E-state index in [1.54, 1.807) is 7.05 Å². The van der Waals surface area contributed by atoms with Crippen molar-refractivity contribution in [2.24, 2.45) is 0 Å². The quantitative estimate of drug-likeness (QED) is 0.385. The van der Waals surface area contributed by atoms with Crippen LogP contribution in [0.25, 0.3) is 0 Å². The predicted octanol–water partition coefficient (Wildman–Crippen LogP) is -1.45. The molecule has 2 atom stereocenters. The van der Waals surface area contributed by atoms with Crippen LogP contribution in [0.2, 0.25) is 0 Å². The first-order valence-corrected chi connectivity index (χ1v) is 3.56. The average molecular weight is 164 g/mol. The minimum atomic E-state index is -0.329. The van der Waals surface area contributed by atoms with E-state index in [0.717, 1.165) is 0 Å². The van der Waals surface area contributed by atoms with Gasteiger partial charge in [-0.1, -0.05) is 6.92 Å². The molecule has 0 aromatic heterocycles. The zero-order valence-corrected chi connectivity index (χ0v) is 7.20. The molecule has 0 rings (SSSR count). The summed E-state index contributed by atoms with van der Waals surface area (Å²) in [6.45, 7) is 1.74. The lowest BCUT2D eigenvalue weighted by molar-refractivity contribution is -1.08. The summed E-state index contributed by atoms with van der Waals surface area (Å²) in [5, 5.41) is 19.4. The maximum atomic E-state index is 11.0. The standard InChI is InChI=1S/C6H16N2O3/c1-4-6(7(2)5-9)8(10)11-3/h6,8-9H,4-5H2,1-3H3. The number of hydrogen-bond acceptors (Lipinski definition) is 4. The van der Waals surface area contributed by atoms with Crippen molar-refractivity contribution in [3.63, 3.8) is 0 Å². The molecule has 0 spiro atoms. The Morgan fingerprint density at radius 1 is 1.73 bits per heavy atom. The van der Waals surface area contributed by atoms with Gasteiger partial charge in [-0.15, -0.1) is 0 Å². The zero-order valence-electron chi connectivity index (χ0n) is 7.20. The second-order valence-corrected chi connectivity index (χ2v) is 2.35. The van der Waals surface area contributed by atoms with E-state index in [0.29, 0.717) is 6.42 Å². The SMILES string of the molecule is CCC(N(C)CO)[NH+]([O-])OC. The minimum absolute atomic E-state index is 0.131. The lowest BCUT2D eigenvalue weighted by Crippen LogP contribution is -3.12. The van der Waals surface area contributed by atoms with Gasteiger partial charge in [-0.3, -0.25) is 0 Å². The number of aliphatic hydroxyl groups excluding tert-OH is 1. The Morgan fingerprint density at radius 3 is 2.55 bits per heavy atom. The Morgan fingerprint density at radius 2 is 2.27 bits per heavy atom. The number of nitrogens with one attached hydrogen (secondary N) is 1. The molecule has 0 aromatic carbocycles. The van der Waals surface area contributed by atoms with E-state index in [9.17, 15) is 5.21 Å². The van der Waals surface area contributed by atoms with Crippen LogP contribution in [-0.4, -0.2) is 37.1 Å². The summed E-state index contributed by atoms with van der Waals surface area (Å²) in [5.74, 6) is 0. The second-order valence-electron chi connectivity index (χ2n) is 2.35. The highest BCUT2D eigenvalue weighted by Crippen LogP contribution is 1.90. The highest BCUT2D eigenvalue weighted by atomic mass is 16.9. The predicted molar refractivity (Wildman–Crippen MR) is 40.3 cm³/mol.